The quantitative estimate of drug-likeness (QED) is 0.241. The van der Waals surface area contributed by atoms with Gasteiger partial charge >= 0.3 is 18.9 Å². The number of hydrogen-bond acceptors (Lipinski definition) is 1. The summed E-state index contributed by atoms with van der Waals surface area (Å²) in [6.45, 7) is 5.94. The minimum absolute atomic E-state index is 0. The third kappa shape index (κ3) is 6.79. The van der Waals surface area contributed by atoms with Crippen LogP contribution in [0.5, 0.6) is 0 Å². The summed E-state index contributed by atoms with van der Waals surface area (Å²) < 4.78 is 0. The van der Waals surface area contributed by atoms with E-state index in [0.717, 1.165) is 12.8 Å². The van der Waals surface area contributed by atoms with E-state index in [1.165, 1.54) is 15.6 Å². The summed E-state index contributed by atoms with van der Waals surface area (Å²) in [5.74, 6) is 0.220. The number of unbranched alkanes of at least 4 members (excludes halogenated alkanes) is 1. The minimum Gasteiger partial charge on any atom is -0.875 e. The van der Waals surface area contributed by atoms with E-state index in [0.29, 0.717) is 0 Å². The van der Waals surface area contributed by atoms with Crippen molar-refractivity contribution in [1.82, 2.24) is 0 Å². The van der Waals surface area contributed by atoms with Gasteiger partial charge in [-0.3, -0.25) is 0 Å². The zero-order valence-corrected chi connectivity index (χ0v) is 20.6. The largest absolute Gasteiger partial charge is 1.00 e. The van der Waals surface area contributed by atoms with E-state index in [-0.39, 0.29) is 48.9 Å². The minimum atomic E-state index is -2.30. The van der Waals surface area contributed by atoms with Gasteiger partial charge in [-0.1, -0.05) is 118 Å². The van der Waals surface area contributed by atoms with Gasteiger partial charge in [-0.05, 0) is 39.9 Å². The smallest absolute Gasteiger partial charge is 0.875 e. The molecule has 3 aromatic rings. The third-order valence-corrected chi connectivity index (χ3v) is 10.0. The molecule has 0 aliphatic carbocycles. The molecule has 0 aliphatic rings. The van der Waals surface area contributed by atoms with Crippen LogP contribution in [0.4, 0.5) is 0 Å². The van der Waals surface area contributed by atoms with Crippen molar-refractivity contribution >= 4 is 42.5 Å². The first-order valence-electron chi connectivity index (χ1n) is 10.3. The topological polar surface area (TPSA) is 23.1 Å². The molecule has 31 heavy (non-hydrogen) atoms. The summed E-state index contributed by atoms with van der Waals surface area (Å²) in [6.07, 6.45) is 3.53. The number of hydrogen-bond donors (Lipinski definition) is 0. The molecular weight excluding hydrogens is 382 g/mol. The SMILES string of the molecule is CC(C)(C)/C([O-])=C/CC[CH][Si](c1ccccc1)(c1ccccc1)c1ccccc1.[Li+].[Li]. The van der Waals surface area contributed by atoms with Crippen LogP contribution < -0.4 is 39.5 Å². The van der Waals surface area contributed by atoms with Crippen LogP contribution >= 0.6 is 0 Å². The second kappa shape index (κ2) is 12.6. The molecule has 0 N–H and O–H groups in total. The molecule has 2 radical (unpaired) electrons. The van der Waals surface area contributed by atoms with Crippen molar-refractivity contribution in [1.29, 1.82) is 0 Å². The third-order valence-electron chi connectivity index (χ3n) is 5.37. The molecule has 0 aliphatic heterocycles. The zero-order chi connectivity index (χ0) is 20.7. The standard InChI is InChI=1S/C27H31OSi.2Li/c1-27(2,3)26(28)21-13-14-22-29(23-15-7-4-8-16-23,24-17-9-5-10-18-24)25-19-11-6-12-20-25;;/h4-12,15-22,28H,13-14H2,1-3H3;;/q;;+1/p-1/b26-21-;;. The Balaban J connectivity index is 0.00000240. The predicted octanol–water partition coefficient (Wildman–Crippen LogP) is 0.594. The van der Waals surface area contributed by atoms with Crippen molar-refractivity contribution in [2.75, 3.05) is 0 Å². The Kier molecular flexibility index (Phi) is 11.2. The zero-order valence-electron chi connectivity index (χ0n) is 19.6. The van der Waals surface area contributed by atoms with Crippen molar-refractivity contribution in [2.24, 2.45) is 5.41 Å². The monoisotopic (exact) mass is 412 g/mol. The van der Waals surface area contributed by atoms with Gasteiger partial charge in [-0.25, -0.2) is 0 Å². The Bertz CT molecular complexity index is 823. The predicted molar refractivity (Wildman–Crippen MR) is 131 cm³/mol. The average Bonchev–Trinajstić information content (AvgIpc) is 2.75. The van der Waals surface area contributed by atoms with Crippen LogP contribution in [0.15, 0.2) is 103 Å². The summed E-state index contributed by atoms with van der Waals surface area (Å²) in [4.78, 5) is 0. The van der Waals surface area contributed by atoms with E-state index >= 15 is 0 Å². The van der Waals surface area contributed by atoms with Crippen molar-refractivity contribution in [3.05, 3.63) is 109 Å². The fourth-order valence-corrected chi connectivity index (χ4v) is 8.24. The summed E-state index contributed by atoms with van der Waals surface area (Å²) >= 11 is 0. The maximum Gasteiger partial charge on any atom is 1.00 e. The van der Waals surface area contributed by atoms with Gasteiger partial charge in [-0.2, -0.15) is 0 Å². The van der Waals surface area contributed by atoms with Crippen LogP contribution in [0.1, 0.15) is 33.6 Å². The molecule has 3 rings (SSSR count). The Morgan fingerprint density at radius 1 is 0.710 bits per heavy atom. The Morgan fingerprint density at radius 2 is 1.06 bits per heavy atom. The molecule has 0 fully saturated rings. The maximum absolute atomic E-state index is 12.3. The second-order valence-corrected chi connectivity index (χ2v) is 12.3. The Labute approximate surface area is 213 Å². The Morgan fingerprint density at radius 3 is 1.39 bits per heavy atom. The summed E-state index contributed by atoms with van der Waals surface area (Å²) in [6, 6.07) is 35.1. The molecule has 3 aromatic carbocycles. The molecule has 0 saturated carbocycles. The van der Waals surface area contributed by atoms with Crippen LogP contribution in [0.2, 0.25) is 0 Å². The first-order chi connectivity index (χ1) is 13.9. The van der Waals surface area contributed by atoms with E-state index in [1.54, 1.807) is 0 Å². The first-order valence-corrected chi connectivity index (χ1v) is 12.4. The molecule has 0 bridgehead atoms. The number of allylic oxidation sites excluding steroid dienone is 2. The van der Waals surface area contributed by atoms with Crippen molar-refractivity contribution < 1.29 is 24.0 Å². The van der Waals surface area contributed by atoms with Gasteiger partial charge in [0.1, 0.15) is 0 Å². The van der Waals surface area contributed by atoms with E-state index < -0.39 is 8.07 Å². The van der Waals surface area contributed by atoms with E-state index in [2.05, 4.69) is 97.0 Å². The van der Waals surface area contributed by atoms with Crippen molar-refractivity contribution in [3.63, 3.8) is 0 Å². The molecule has 4 heteroatoms. The van der Waals surface area contributed by atoms with Crippen LogP contribution in [0.25, 0.3) is 0 Å². The van der Waals surface area contributed by atoms with Gasteiger partial charge < -0.3 is 5.11 Å². The summed E-state index contributed by atoms with van der Waals surface area (Å²) in [5, 5.41) is 16.5. The molecule has 150 valence electrons. The van der Waals surface area contributed by atoms with E-state index in [9.17, 15) is 5.11 Å². The second-order valence-electron chi connectivity index (χ2n) is 8.51. The summed E-state index contributed by atoms with van der Waals surface area (Å²) in [5.41, 5.74) is -0.313. The van der Waals surface area contributed by atoms with Gasteiger partial charge in [0, 0.05) is 18.9 Å². The van der Waals surface area contributed by atoms with Gasteiger partial charge in [0.2, 0.25) is 0 Å². The van der Waals surface area contributed by atoms with Crippen LogP contribution in [-0.4, -0.2) is 26.9 Å². The molecule has 0 amide bonds. The molecule has 0 spiro atoms. The van der Waals surface area contributed by atoms with Gasteiger partial charge in [0.25, 0.3) is 0 Å². The Hall–Kier alpha value is -1.39. The summed E-state index contributed by atoms with van der Waals surface area (Å²) in [7, 11) is -2.30. The number of rotatable bonds is 7. The van der Waals surface area contributed by atoms with Gasteiger partial charge in [0.05, 0.1) is 0 Å². The fraction of sp³-hybridized carbons (Fsp3) is 0.222. The molecule has 0 saturated heterocycles. The average molecular weight is 413 g/mol. The van der Waals surface area contributed by atoms with Crippen molar-refractivity contribution in [3.8, 4) is 0 Å². The van der Waals surface area contributed by atoms with Crippen LogP contribution in [0, 0.1) is 11.5 Å². The maximum atomic E-state index is 12.3. The van der Waals surface area contributed by atoms with E-state index in [1.807, 2.05) is 26.8 Å². The first kappa shape index (κ1) is 27.6. The number of benzene rings is 3. The normalized spacial score (nSPS) is 11.9. The fourth-order valence-electron chi connectivity index (χ4n) is 3.78. The van der Waals surface area contributed by atoms with E-state index in [4.69, 9.17) is 0 Å². The molecule has 0 unspecified atom stereocenters. The van der Waals surface area contributed by atoms with Crippen LogP contribution in [0.3, 0.4) is 0 Å². The molecule has 0 aromatic heterocycles. The van der Waals surface area contributed by atoms with Crippen LogP contribution in [-0.2, 0) is 0 Å². The molecular formula is C27H30Li2OSi. The molecule has 1 nitrogen and oxygen atoms in total. The van der Waals surface area contributed by atoms with Gasteiger partial charge in [-0.15, -0.1) is 5.76 Å². The molecule has 0 atom stereocenters. The van der Waals surface area contributed by atoms with Crippen molar-refractivity contribution in [2.45, 2.75) is 33.6 Å². The molecule has 0 heterocycles. The van der Waals surface area contributed by atoms with Gasteiger partial charge in [0.15, 0.2) is 8.07 Å².